The standard InChI is InChI=1S/C23H30N2O7/c1-4-30-19(26)7-6-16-13-17-15(3)12-20(27)32-22(17)18(21(16)28)14-24-8-10-25(11-9-24)23(29)31-5-2/h12-13,28H,4-11,14H2,1-3H3. The lowest BCUT2D eigenvalue weighted by Gasteiger charge is -2.34. The van der Waals surface area contributed by atoms with E-state index in [4.69, 9.17) is 13.9 Å². The second kappa shape index (κ2) is 10.5. The maximum Gasteiger partial charge on any atom is 0.409 e. The van der Waals surface area contributed by atoms with Crippen LogP contribution in [0.15, 0.2) is 21.3 Å². The summed E-state index contributed by atoms with van der Waals surface area (Å²) in [4.78, 5) is 39.5. The molecule has 2 aromatic rings. The van der Waals surface area contributed by atoms with E-state index in [0.29, 0.717) is 69.1 Å². The molecule has 1 aliphatic rings. The van der Waals surface area contributed by atoms with Crippen molar-refractivity contribution in [1.29, 1.82) is 0 Å². The molecule has 0 spiro atoms. The molecule has 9 nitrogen and oxygen atoms in total. The van der Waals surface area contributed by atoms with Gasteiger partial charge in [0.15, 0.2) is 0 Å². The molecule has 0 radical (unpaired) electrons. The van der Waals surface area contributed by atoms with Crippen molar-refractivity contribution in [2.75, 3.05) is 39.4 Å². The quantitative estimate of drug-likeness (QED) is 0.511. The van der Waals surface area contributed by atoms with Crippen LogP contribution < -0.4 is 5.63 Å². The lowest BCUT2D eigenvalue weighted by molar-refractivity contribution is -0.143. The molecule has 32 heavy (non-hydrogen) atoms. The van der Waals surface area contributed by atoms with Crippen LogP contribution in [0.2, 0.25) is 0 Å². The van der Waals surface area contributed by atoms with Crippen molar-refractivity contribution in [3.63, 3.8) is 0 Å². The van der Waals surface area contributed by atoms with E-state index < -0.39 is 5.63 Å². The minimum atomic E-state index is -0.484. The summed E-state index contributed by atoms with van der Waals surface area (Å²) in [6.45, 7) is 8.48. The summed E-state index contributed by atoms with van der Waals surface area (Å²) in [5.74, 6) is -0.316. The highest BCUT2D eigenvalue weighted by molar-refractivity contribution is 5.86. The van der Waals surface area contributed by atoms with Crippen LogP contribution in [0, 0.1) is 6.92 Å². The number of ether oxygens (including phenoxy) is 2. The van der Waals surface area contributed by atoms with Crippen LogP contribution in [-0.2, 0) is 27.2 Å². The number of fused-ring (bicyclic) bond motifs is 1. The maximum atomic E-state index is 12.0. The van der Waals surface area contributed by atoms with E-state index in [1.807, 2.05) is 6.92 Å². The summed E-state index contributed by atoms with van der Waals surface area (Å²) in [5.41, 5.74) is 1.71. The molecule has 1 aromatic heterocycles. The van der Waals surface area contributed by atoms with Gasteiger partial charge < -0.3 is 23.9 Å². The Labute approximate surface area is 186 Å². The van der Waals surface area contributed by atoms with Crippen molar-refractivity contribution in [3.05, 3.63) is 39.2 Å². The summed E-state index contributed by atoms with van der Waals surface area (Å²) in [6.07, 6.45) is 0.117. The first-order valence-corrected chi connectivity index (χ1v) is 10.9. The zero-order chi connectivity index (χ0) is 23.3. The highest BCUT2D eigenvalue weighted by Crippen LogP contribution is 2.34. The van der Waals surface area contributed by atoms with Gasteiger partial charge in [-0.05, 0) is 44.4 Å². The molecule has 0 atom stereocenters. The number of aryl methyl sites for hydroxylation is 2. The van der Waals surface area contributed by atoms with Crippen molar-refractivity contribution in [2.24, 2.45) is 0 Å². The Balaban J connectivity index is 1.87. The summed E-state index contributed by atoms with van der Waals surface area (Å²) in [5, 5.41) is 11.8. The number of phenolic OH excluding ortho intramolecular Hbond substituents is 1. The number of amides is 1. The van der Waals surface area contributed by atoms with Crippen LogP contribution in [-0.4, -0.2) is 66.4 Å². The van der Waals surface area contributed by atoms with Crippen LogP contribution in [0.3, 0.4) is 0 Å². The molecule has 0 unspecified atom stereocenters. The highest BCUT2D eigenvalue weighted by Gasteiger charge is 2.25. The van der Waals surface area contributed by atoms with Crippen LogP contribution in [0.5, 0.6) is 5.75 Å². The number of esters is 1. The fourth-order valence-corrected chi connectivity index (χ4v) is 3.90. The van der Waals surface area contributed by atoms with Crippen molar-refractivity contribution in [1.82, 2.24) is 9.80 Å². The largest absolute Gasteiger partial charge is 0.507 e. The van der Waals surface area contributed by atoms with E-state index in [0.717, 1.165) is 10.9 Å². The van der Waals surface area contributed by atoms with Crippen molar-refractivity contribution < 1.29 is 28.6 Å². The number of rotatable bonds is 7. The minimum Gasteiger partial charge on any atom is -0.507 e. The van der Waals surface area contributed by atoms with Gasteiger partial charge in [-0.15, -0.1) is 0 Å². The lowest BCUT2D eigenvalue weighted by Crippen LogP contribution is -2.48. The van der Waals surface area contributed by atoms with Crippen LogP contribution >= 0.6 is 0 Å². The Kier molecular flexibility index (Phi) is 7.74. The Morgan fingerprint density at radius 2 is 1.78 bits per heavy atom. The zero-order valence-corrected chi connectivity index (χ0v) is 18.8. The number of phenols is 1. The van der Waals surface area contributed by atoms with Gasteiger partial charge in [0.2, 0.25) is 0 Å². The smallest absolute Gasteiger partial charge is 0.409 e. The van der Waals surface area contributed by atoms with Crippen molar-refractivity contribution in [2.45, 2.75) is 40.2 Å². The van der Waals surface area contributed by atoms with Gasteiger partial charge in [-0.3, -0.25) is 9.69 Å². The number of hydrogen-bond donors (Lipinski definition) is 1. The number of nitrogens with zero attached hydrogens (tertiary/aromatic N) is 2. The van der Waals surface area contributed by atoms with Crippen LogP contribution in [0.1, 0.15) is 37.0 Å². The van der Waals surface area contributed by atoms with E-state index in [-0.39, 0.29) is 24.2 Å². The Morgan fingerprint density at radius 3 is 2.44 bits per heavy atom. The molecule has 1 fully saturated rings. The number of carbonyl (C=O) groups excluding carboxylic acids is 2. The summed E-state index contributed by atoms with van der Waals surface area (Å²) < 4.78 is 15.5. The summed E-state index contributed by atoms with van der Waals surface area (Å²) >= 11 is 0. The molecule has 1 N–H and O–H groups in total. The molecule has 0 bridgehead atoms. The fourth-order valence-electron chi connectivity index (χ4n) is 3.90. The molecule has 1 amide bonds. The van der Waals surface area contributed by atoms with Crippen LogP contribution in [0.25, 0.3) is 11.0 Å². The Hall–Kier alpha value is -3.07. The molecule has 1 aliphatic heterocycles. The molecular formula is C23H30N2O7. The second-order valence-electron chi connectivity index (χ2n) is 7.76. The lowest BCUT2D eigenvalue weighted by atomic mass is 9.98. The number of carbonyl (C=O) groups is 2. The van der Waals surface area contributed by atoms with Gasteiger partial charge in [0.05, 0.1) is 18.8 Å². The number of piperazine rings is 1. The van der Waals surface area contributed by atoms with Gasteiger partial charge in [-0.25, -0.2) is 9.59 Å². The first-order valence-electron chi connectivity index (χ1n) is 10.9. The van der Waals surface area contributed by atoms with Gasteiger partial charge in [-0.2, -0.15) is 0 Å². The van der Waals surface area contributed by atoms with E-state index in [9.17, 15) is 19.5 Å². The third kappa shape index (κ3) is 5.40. The van der Waals surface area contributed by atoms with E-state index in [1.165, 1.54) is 6.07 Å². The SMILES string of the molecule is CCOC(=O)CCc1cc2c(C)cc(=O)oc2c(CN2CCN(C(=O)OCC)CC2)c1O. The molecule has 1 saturated heterocycles. The molecule has 3 rings (SSSR count). The molecule has 174 valence electrons. The first kappa shape index (κ1) is 23.6. The summed E-state index contributed by atoms with van der Waals surface area (Å²) in [6, 6.07) is 3.18. The molecular weight excluding hydrogens is 416 g/mol. The highest BCUT2D eigenvalue weighted by atomic mass is 16.6. The fraction of sp³-hybridized carbons (Fsp3) is 0.522. The normalized spacial score (nSPS) is 14.5. The molecule has 1 aromatic carbocycles. The second-order valence-corrected chi connectivity index (χ2v) is 7.76. The van der Waals surface area contributed by atoms with Gasteiger partial charge in [0.25, 0.3) is 0 Å². The van der Waals surface area contributed by atoms with E-state index in [1.54, 1.807) is 24.8 Å². The van der Waals surface area contributed by atoms with E-state index >= 15 is 0 Å². The minimum absolute atomic E-state index is 0.0170. The molecule has 9 heteroatoms. The average molecular weight is 447 g/mol. The third-order valence-electron chi connectivity index (χ3n) is 5.57. The van der Waals surface area contributed by atoms with Crippen molar-refractivity contribution >= 4 is 23.0 Å². The van der Waals surface area contributed by atoms with Gasteiger partial charge in [-0.1, -0.05) is 0 Å². The predicted octanol–water partition coefficient (Wildman–Crippen LogP) is 2.58. The zero-order valence-electron chi connectivity index (χ0n) is 18.8. The number of aromatic hydroxyl groups is 1. The maximum absolute atomic E-state index is 12.0. The molecule has 0 aliphatic carbocycles. The summed E-state index contributed by atoms with van der Waals surface area (Å²) in [7, 11) is 0. The topological polar surface area (TPSA) is 110 Å². The van der Waals surface area contributed by atoms with Gasteiger partial charge in [0.1, 0.15) is 11.3 Å². The average Bonchev–Trinajstić information content (AvgIpc) is 2.75. The molecule has 2 heterocycles. The Bertz CT molecular complexity index is 1040. The monoisotopic (exact) mass is 446 g/mol. The number of hydrogen-bond acceptors (Lipinski definition) is 8. The molecule has 0 saturated carbocycles. The van der Waals surface area contributed by atoms with Crippen LogP contribution in [0.4, 0.5) is 4.79 Å². The van der Waals surface area contributed by atoms with Gasteiger partial charge >= 0.3 is 17.7 Å². The predicted molar refractivity (Wildman–Crippen MR) is 118 cm³/mol. The van der Waals surface area contributed by atoms with Crippen molar-refractivity contribution in [3.8, 4) is 5.75 Å². The first-order chi connectivity index (χ1) is 15.3. The third-order valence-corrected chi connectivity index (χ3v) is 5.57. The Morgan fingerprint density at radius 1 is 1.09 bits per heavy atom. The van der Waals surface area contributed by atoms with Gasteiger partial charge in [0, 0.05) is 50.6 Å². The number of benzene rings is 1. The van der Waals surface area contributed by atoms with E-state index in [2.05, 4.69) is 4.90 Å².